The number of carbonyl (C=O) groups excluding carboxylic acids is 4. The van der Waals surface area contributed by atoms with Crippen molar-refractivity contribution in [2.45, 2.75) is 71.6 Å². The highest BCUT2D eigenvalue weighted by Crippen LogP contribution is 2.25. The van der Waals surface area contributed by atoms with E-state index in [1.54, 1.807) is 19.2 Å². The first-order chi connectivity index (χ1) is 25.2. The van der Waals surface area contributed by atoms with Gasteiger partial charge in [0, 0.05) is 66.1 Å². The van der Waals surface area contributed by atoms with E-state index in [1.165, 1.54) is 18.2 Å². The third kappa shape index (κ3) is 11.8. The molecule has 1 aromatic heterocycles. The summed E-state index contributed by atoms with van der Waals surface area (Å²) >= 11 is 3.42. The van der Waals surface area contributed by atoms with Crippen LogP contribution in [0.25, 0.3) is 0 Å². The van der Waals surface area contributed by atoms with Gasteiger partial charge in [0.25, 0.3) is 11.8 Å². The van der Waals surface area contributed by atoms with E-state index in [1.807, 2.05) is 64.1 Å². The maximum Gasteiger partial charge on any atom is 0.301 e. The van der Waals surface area contributed by atoms with Crippen LogP contribution in [0.3, 0.4) is 0 Å². The Kier molecular flexibility index (Phi) is 14.9. The molecule has 1 saturated heterocycles. The minimum Gasteiger partial charge on any atom is -0.355 e. The van der Waals surface area contributed by atoms with Crippen LogP contribution in [0, 0.1) is 5.92 Å². The lowest BCUT2D eigenvalue weighted by Crippen LogP contribution is -2.55. The van der Waals surface area contributed by atoms with Gasteiger partial charge in [0.15, 0.2) is 0 Å². The van der Waals surface area contributed by atoms with Crippen molar-refractivity contribution in [3.8, 4) is 0 Å². The average molecular weight is 814 g/mol. The molecule has 0 radical (unpaired) electrons. The maximum absolute atomic E-state index is 14.0. The van der Waals surface area contributed by atoms with Gasteiger partial charge in [0.2, 0.25) is 11.8 Å². The summed E-state index contributed by atoms with van der Waals surface area (Å²) in [4.78, 5) is 57.8. The molecule has 1 aliphatic heterocycles. The number of pyridine rings is 1. The van der Waals surface area contributed by atoms with Crippen LogP contribution in [0.4, 0.5) is 5.69 Å². The predicted molar refractivity (Wildman–Crippen MR) is 207 cm³/mol. The highest BCUT2D eigenvalue weighted by molar-refractivity contribution is 9.10. The second-order valence-electron chi connectivity index (χ2n) is 13.3. The maximum atomic E-state index is 14.0. The normalized spacial score (nSPS) is 16.2. The molecule has 16 heteroatoms. The van der Waals surface area contributed by atoms with Gasteiger partial charge in [-0.15, -0.1) is 0 Å². The van der Waals surface area contributed by atoms with E-state index in [0.717, 1.165) is 14.3 Å². The summed E-state index contributed by atoms with van der Waals surface area (Å²) < 4.78 is 30.6. The van der Waals surface area contributed by atoms with Crippen molar-refractivity contribution in [3.05, 3.63) is 93.7 Å². The Bertz CT molecular complexity index is 1850. The van der Waals surface area contributed by atoms with E-state index in [4.69, 9.17) is 0 Å². The number of anilines is 1. The largest absolute Gasteiger partial charge is 0.355 e. The summed E-state index contributed by atoms with van der Waals surface area (Å²) in [6.45, 7) is 10.0. The number of hydrogen-bond acceptors (Lipinski definition) is 8. The van der Waals surface area contributed by atoms with Crippen LogP contribution < -0.4 is 35.6 Å². The molecule has 2 heterocycles. The zero-order chi connectivity index (χ0) is 38.7. The Balaban J connectivity index is 1.59. The number of benzene rings is 2. The van der Waals surface area contributed by atoms with Crippen molar-refractivity contribution in [2.24, 2.45) is 5.92 Å². The highest BCUT2D eigenvalue weighted by atomic mass is 79.9. The van der Waals surface area contributed by atoms with Gasteiger partial charge in [0.1, 0.15) is 6.04 Å². The first-order valence-corrected chi connectivity index (χ1v) is 19.9. The number of aromatic nitrogens is 1. The number of rotatable bonds is 16. The van der Waals surface area contributed by atoms with Crippen molar-refractivity contribution in [2.75, 3.05) is 30.5 Å². The van der Waals surface area contributed by atoms with Crippen molar-refractivity contribution in [1.82, 2.24) is 36.3 Å². The molecule has 4 atom stereocenters. The van der Waals surface area contributed by atoms with Crippen LogP contribution in [0.5, 0.6) is 0 Å². The standard InChI is InChI=1S/C37H49BrN8O6S/c1-6-39-37(50)33(23(2)3)45-34(47)25(5)41-22-31(21-30-10-7-8-15-40-30)44-36(49)28-18-27(19-32(20-28)46-17-9-16-42-53(46,51)52)35(48)43-24(4)26-11-13-29(38)14-12-26/h7-8,10-15,18-20,23-25,31,33,41-42H,6,9,16-17,21-22H2,1-5H3,(H,39,50)(H,43,48)(H,44,49)(H,45,47)/t24-,25+,31+,33+/m1/s1. The molecule has 14 nitrogen and oxygen atoms in total. The smallest absolute Gasteiger partial charge is 0.301 e. The Labute approximate surface area is 320 Å². The molecular formula is C37H49BrN8O6S. The molecular weight excluding hydrogens is 764 g/mol. The lowest BCUT2D eigenvalue weighted by molar-refractivity contribution is -0.130. The molecule has 4 rings (SSSR count). The molecule has 0 aliphatic carbocycles. The van der Waals surface area contributed by atoms with Gasteiger partial charge >= 0.3 is 10.2 Å². The zero-order valence-electron chi connectivity index (χ0n) is 30.6. The van der Waals surface area contributed by atoms with Crippen LogP contribution in [0.2, 0.25) is 0 Å². The molecule has 0 unspecified atom stereocenters. The number of nitrogens with one attached hydrogen (secondary N) is 6. The Hall–Kier alpha value is -4.38. The Morgan fingerprint density at radius 3 is 2.19 bits per heavy atom. The lowest BCUT2D eigenvalue weighted by atomic mass is 10.0. The van der Waals surface area contributed by atoms with Crippen LogP contribution in [-0.4, -0.2) is 81.3 Å². The first kappa shape index (κ1) is 41.4. The molecule has 0 spiro atoms. The second-order valence-corrected chi connectivity index (χ2v) is 15.9. The zero-order valence-corrected chi connectivity index (χ0v) is 33.0. The molecule has 53 heavy (non-hydrogen) atoms. The van der Waals surface area contributed by atoms with Crippen molar-refractivity contribution in [1.29, 1.82) is 0 Å². The number of hydrogen-bond donors (Lipinski definition) is 6. The number of carbonyl (C=O) groups is 4. The van der Waals surface area contributed by atoms with Gasteiger partial charge in [-0.05, 0) is 81.1 Å². The van der Waals surface area contributed by atoms with Gasteiger partial charge in [-0.3, -0.25) is 28.5 Å². The highest BCUT2D eigenvalue weighted by Gasteiger charge is 2.29. The molecule has 6 N–H and O–H groups in total. The van der Waals surface area contributed by atoms with Crippen LogP contribution in [0.15, 0.2) is 71.3 Å². The summed E-state index contributed by atoms with van der Waals surface area (Å²) in [6, 6.07) is 14.8. The fourth-order valence-electron chi connectivity index (χ4n) is 5.75. The average Bonchev–Trinajstić information content (AvgIpc) is 3.12. The van der Waals surface area contributed by atoms with Crippen LogP contribution >= 0.6 is 15.9 Å². The fraction of sp³-hybridized carbons (Fsp3) is 0.432. The monoisotopic (exact) mass is 812 g/mol. The lowest BCUT2D eigenvalue weighted by Gasteiger charge is -2.29. The quantitative estimate of drug-likeness (QED) is 0.127. The van der Waals surface area contributed by atoms with Gasteiger partial charge in [-0.2, -0.15) is 13.1 Å². The van der Waals surface area contributed by atoms with Gasteiger partial charge in [-0.1, -0.05) is 48.0 Å². The number of halogens is 1. The molecule has 4 amide bonds. The van der Waals surface area contributed by atoms with E-state index in [0.29, 0.717) is 25.1 Å². The second kappa shape index (κ2) is 19.1. The summed E-state index contributed by atoms with van der Waals surface area (Å²) in [5.41, 5.74) is 1.89. The van der Waals surface area contributed by atoms with E-state index in [2.05, 4.69) is 52.2 Å². The van der Waals surface area contributed by atoms with Gasteiger partial charge in [-0.25, -0.2) is 0 Å². The fourth-order valence-corrected chi connectivity index (χ4v) is 7.32. The molecule has 2 aromatic carbocycles. The first-order valence-electron chi connectivity index (χ1n) is 17.7. The van der Waals surface area contributed by atoms with Crippen molar-refractivity contribution in [3.63, 3.8) is 0 Å². The SMILES string of the molecule is CCNC(=O)[C@@H](NC(=O)[C@H](C)NC[C@H](Cc1ccccn1)NC(=O)c1cc(C(=O)N[C@H](C)c2ccc(Br)cc2)cc(N2CCCNS2(=O)=O)c1)C(C)C. The van der Waals surface area contributed by atoms with E-state index < -0.39 is 40.1 Å². The summed E-state index contributed by atoms with van der Waals surface area (Å²) in [7, 11) is -3.91. The number of likely N-dealkylation sites (N-methyl/N-ethyl adjacent to an activating group) is 1. The third-order valence-corrected chi connectivity index (χ3v) is 10.8. The molecule has 1 fully saturated rings. The van der Waals surface area contributed by atoms with E-state index >= 15 is 0 Å². The number of amides is 4. The molecule has 3 aromatic rings. The Morgan fingerprint density at radius 2 is 1.58 bits per heavy atom. The Morgan fingerprint density at radius 1 is 0.906 bits per heavy atom. The minimum absolute atomic E-state index is 0.0724. The molecule has 1 aliphatic rings. The summed E-state index contributed by atoms with van der Waals surface area (Å²) in [5, 5.41) is 14.7. The van der Waals surface area contributed by atoms with E-state index in [9.17, 15) is 27.6 Å². The van der Waals surface area contributed by atoms with Gasteiger partial charge in [0.05, 0.1) is 17.8 Å². The van der Waals surface area contributed by atoms with Crippen LogP contribution in [-0.2, 0) is 26.2 Å². The predicted octanol–water partition coefficient (Wildman–Crippen LogP) is 2.98. The molecule has 0 bridgehead atoms. The molecule has 286 valence electrons. The van der Waals surface area contributed by atoms with Gasteiger partial charge < -0.3 is 26.6 Å². The minimum atomic E-state index is -3.91. The van der Waals surface area contributed by atoms with Crippen molar-refractivity contribution < 1.29 is 27.6 Å². The number of nitrogens with zero attached hydrogens (tertiary/aromatic N) is 2. The van der Waals surface area contributed by atoms with Crippen molar-refractivity contribution >= 4 is 55.5 Å². The molecule has 0 saturated carbocycles. The van der Waals surface area contributed by atoms with E-state index in [-0.39, 0.29) is 60.2 Å². The summed E-state index contributed by atoms with van der Waals surface area (Å²) in [5.74, 6) is -1.83. The van der Waals surface area contributed by atoms with Crippen LogP contribution in [0.1, 0.15) is 79.1 Å². The third-order valence-electron chi connectivity index (χ3n) is 8.74. The summed E-state index contributed by atoms with van der Waals surface area (Å²) in [6.07, 6.45) is 2.47. The topological polar surface area (TPSA) is 191 Å².